The van der Waals surface area contributed by atoms with Crippen LogP contribution in [0, 0.1) is 12.7 Å². The summed E-state index contributed by atoms with van der Waals surface area (Å²) >= 11 is 15.4. The van der Waals surface area contributed by atoms with Crippen LogP contribution in [-0.2, 0) is 5.41 Å². The van der Waals surface area contributed by atoms with Gasteiger partial charge >= 0.3 is 6.18 Å². The molecular formula is C26H33Cl2F4N5S. The van der Waals surface area contributed by atoms with Gasteiger partial charge in [-0.3, -0.25) is 9.98 Å². The molecule has 0 radical (unpaired) electrons. The van der Waals surface area contributed by atoms with E-state index < -0.39 is 34.0 Å². The molecule has 2 aromatic rings. The Kier molecular flexibility index (Phi) is 16.2. The van der Waals surface area contributed by atoms with Crippen LogP contribution in [0.4, 0.5) is 17.6 Å². The quantitative estimate of drug-likeness (QED) is 0.122. The molecule has 0 amide bonds. The van der Waals surface area contributed by atoms with Gasteiger partial charge in [0.2, 0.25) is 0 Å². The summed E-state index contributed by atoms with van der Waals surface area (Å²) < 4.78 is 56.3. The Morgan fingerprint density at radius 3 is 2.13 bits per heavy atom. The number of alkyl halides is 3. The van der Waals surface area contributed by atoms with E-state index >= 15 is 0 Å². The zero-order valence-electron chi connectivity index (χ0n) is 22.0. The second-order valence-corrected chi connectivity index (χ2v) is 8.36. The predicted molar refractivity (Wildman–Crippen MR) is 158 cm³/mol. The molecule has 1 aliphatic rings. The van der Waals surface area contributed by atoms with Crippen molar-refractivity contribution >= 4 is 59.9 Å². The molecule has 210 valence electrons. The van der Waals surface area contributed by atoms with Gasteiger partial charge in [0.1, 0.15) is 5.41 Å². The number of aryl methyl sites for hydroxylation is 1. The molecule has 1 aliphatic heterocycles. The smallest absolute Gasteiger partial charge is 0.314 e. The number of aliphatic imine (C=N–C) groups is 2. The Bertz CT molecular complexity index is 1090. The molecular weight excluding hydrogens is 561 g/mol. The molecule has 0 saturated heterocycles. The van der Waals surface area contributed by atoms with Crippen molar-refractivity contribution in [1.29, 1.82) is 0 Å². The zero-order valence-corrected chi connectivity index (χ0v) is 24.3. The van der Waals surface area contributed by atoms with Crippen molar-refractivity contribution in [1.82, 2.24) is 10.7 Å². The van der Waals surface area contributed by atoms with Crippen LogP contribution in [-0.4, -0.2) is 58.0 Å². The van der Waals surface area contributed by atoms with Crippen molar-refractivity contribution in [3.05, 3.63) is 68.4 Å². The van der Waals surface area contributed by atoms with Gasteiger partial charge in [0.15, 0.2) is 5.82 Å². The van der Waals surface area contributed by atoms with E-state index in [-0.39, 0.29) is 12.0 Å². The molecule has 0 spiro atoms. The number of hydrazone groups is 1. The van der Waals surface area contributed by atoms with Gasteiger partial charge in [0.25, 0.3) is 0 Å². The highest BCUT2D eigenvalue weighted by Gasteiger charge is 2.58. The van der Waals surface area contributed by atoms with Gasteiger partial charge < -0.3 is 10.7 Å². The molecule has 0 aromatic heterocycles. The molecule has 0 saturated carbocycles. The SMILES string of the molecule is C=NNC.C=S.CC.CNC/N=C/c1ccc(C2=NCC(c3cc(Cl)c(F)c(Cl)c3)(C(F)(F)F)C2)cc1C. The van der Waals surface area contributed by atoms with E-state index in [1.54, 1.807) is 38.5 Å². The Balaban J connectivity index is 0.00000153. The largest absolute Gasteiger partial charge is 0.400 e. The molecule has 0 bridgehead atoms. The number of rotatable bonds is 6. The van der Waals surface area contributed by atoms with E-state index in [0.717, 1.165) is 23.3 Å². The highest BCUT2D eigenvalue weighted by molar-refractivity contribution is 7.77. The number of thiocarbonyl (C=S) groups is 1. The zero-order chi connectivity index (χ0) is 29.5. The van der Waals surface area contributed by atoms with Crippen LogP contribution in [0.15, 0.2) is 45.4 Å². The lowest BCUT2D eigenvalue weighted by Gasteiger charge is -2.32. The third-order valence-corrected chi connectivity index (χ3v) is 5.88. The summed E-state index contributed by atoms with van der Waals surface area (Å²) in [4.78, 5) is 8.40. The Morgan fingerprint density at radius 1 is 1.13 bits per heavy atom. The van der Waals surface area contributed by atoms with Crippen LogP contribution in [0.25, 0.3) is 0 Å². The fourth-order valence-electron chi connectivity index (χ4n) is 3.44. The lowest BCUT2D eigenvalue weighted by molar-refractivity contribution is -0.183. The highest BCUT2D eigenvalue weighted by Crippen LogP contribution is 2.49. The van der Waals surface area contributed by atoms with Gasteiger partial charge in [-0.25, -0.2) is 4.39 Å². The number of hydrogen-bond donors (Lipinski definition) is 2. The number of benzene rings is 2. The predicted octanol–water partition coefficient (Wildman–Crippen LogP) is 7.19. The van der Waals surface area contributed by atoms with Crippen molar-refractivity contribution in [2.24, 2.45) is 15.1 Å². The van der Waals surface area contributed by atoms with Crippen molar-refractivity contribution < 1.29 is 17.6 Å². The average Bonchev–Trinajstić information content (AvgIpc) is 3.38. The first-order valence-electron chi connectivity index (χ1n) is 11.4. The van der Waals surface area contributed by atoms with Gasteiger partial charge in [-0.05, 0) is 60.3 Å². The number of nitrogens with zero attached hydrogens (tertiary/aromatic N) is 3. The standard InChI is InChI=1S/C21H19Cl2F4N3.C2H6N2.C2H6.CH2S/c1-12-5-13(3-4-14(12)9-29-11-28-2)18-8-20(10-30-18,21(25,26)27)15-6-16(22)19(24)17(23)7-15;1-3-4-2;2*1-2/h3-7,9,28H,8,10-11H2,1-2H3;4H,1H2,2H3;1-2H3;1H2/b29-9+;;;. The number of nitrogens with one attached hydrogen (secondary N) is 2. The summed E-state index contributed by atoms with van der Waals surface area (Å²) in [5.41, 5.74) is 2.59. The molecule has 3 rings (SSSR count). The Labute approximate surface area is 237 Å². The van der Waals surface area contributed by atoms with Crippen LogP contribution in [0.5, 0.6) is 0 Å². The van der Waals surface area contributed by atoms with Crippen molar-refractivity contribution in [3.63, 3.8) is 0 Å². The molecule has 0 aliphatic carbocycles. The van der Waals surface area contributed by atoms with Gasteiger partial charge in [-0.2, -0.15) is 18.3 Å². The van der Waals surface area contributed by atoms with Crippen LogP contribution < -0.4 is 10.7 Å². The average molecular weight is 595 g/mol. The molecule has 0 fully saturated rings. The minimum absolute atomic E-state index is 0.197. The van der Waals surface area contributed by atoms with Crippen LogP contribution >= 0.6 is 35.4 Å². The minimum atomic E-state index is -4.63. The van der Waals surface area contributed by atoms with E-state index in [0.29, 0.717) is 17.9 Å². The van der Waals surface area contributed by atoms with E-state index in [1.807, 2.05) is 20.8 Å². The summed E-state index contributed by atoms with van der Waals surface area (Å²) in [6.45, 7) is 8.92. The summed E-state index contributed by atoms with van der Waals surface area (Å²) in [5.74, 6) is 1.89. The third-order valence-electron chi connectivity index (χ3n) is 5.33. The maximum atomic E-state index is 14.2. The Hall–Kier alpha value is -2.40. The molecule has 12 heteroatoms. The van der Waals surface area contributed by atoms with Crippen LogP contribution in [0.1, 0.15) is 42.5 Å². The minimum Gasteiger partial charge on any atom is -0.314 e. The molecule has 1 unspecified atom stereocenters. The highest BCUT2D eigenvalue weighted by atomic mass is 35.5. The third kappa shape index (κ3) is 9.11. The Morgan fingerprint density at radius 2 is 1.68 bits per heavy atom. The van der Waals surface area contributed by atoms with Gasteiger partial charge in [0, 0.05) is 32.1 Å². The van der Waals surface area contributed by atoms with E-state index in [1.165, 1.54) is 0 Å². The first kappa shape index (κ1) is 35.6. The fraction of sp³-hybridized carbons (Fsp3) is 0.385. The lowest BCUT2D eigenvalue weighted by Crippen LogP contribution is -2.43. The van der Waals surface area contributed by atoms with Gasteiger partial charge in [-0.1, -0.05) is 61.4 Å². The van der Waals surface area contributed by atoms with Crippen LogP contribution in [0.3, 0.4) is 0 Å². The normalized spacial score (nSPS) is 16.2. The molecule has 1 atom stereocenters. The topological polar surface area (TPSA) is 61.1 Å². The summed E-state index contributed by atoms with van der Waals surface area (Å²) in [7, 11) is 3.48. The second-order valence-electron chi connectivity index (χ2n) is 7.55. The second kappa shape index (κ2) is 17.2. The summed E-state index contributed by atoms with van der Waals surface area (Å²) in [5, 5.41) is 5.24. The summed E-state index contributed by atoms with van der Waals surface area (Å²) in [6.07, 6.45) is -3.31. The summed E-state index contributed by atoms with van der Waals surface area (Å²) in [6, 6.07) is 7.29. The van der Waals surface area contributed by atoms with E-state index in [9.17, 15) is 17.6 Å². The maximum absolute atomic E-state index is 14.2. The molecule has 2 aromatic carbocycles. The van der Waals surface area contributed by atoms with Gasteiger partial charge in [-0.15, -0.1) is 0 Å². The van der Waals surface area contributed by atoms with E-state index in [4.69, 9.17) is 23.2 Å². The first-order valence-corrected chi connectivity index (χ1v) is 12.8. The molecule has 1 heterocycles. The lowest BCUT2D eigenvalue weighted by atomic mass is 9.76. The van der Waals surface area contributed by atoms with Crippen molar-refractivity contribution in [2.45, 2.75) is 38.8 Å². The molecule has 38 heavy (non-hydrogen) atoms. The fourth-order valence-corrected chi connectivity index (χ4v) is 3.92. The monoisotopic (exact) mass is 593 g/mol. The number of hydrogen-bond acceptors (Lipinski definition) is 6. The molecule has 5 nitrogen and oxygen atoms in total. The maximum Gasteiger partial charge on any atom is 0.400 e. The van der Waals surface area contributed by atoms with Gasteiger partial charge in [0.05, 0.1) is 23.3 Å². The number of halogens is 6. The van der Waals surface area contributed by atoms with E-state index in [2.05, 4.69) is 50.6 Å². The first-order chi connectivity index (χ1) is 18.0. The molecule has 2 N–H and O–H groups in total. The van der Waals surface area contributed by atoms with Crippen molar-refractivity contribution in [3.8, 4) is 0 Å². The van der Waals surface area contributed by atoms with Crippen LogP contribution in [0.2, 0.25) is 10.0 Å². The van der Waals surface area contributed by atoms with Crippen molar-refractivity contribution in [2.75, 3.05) is 27.3 Å².